The molecule has 29 heavy (non-hydrogen) atoms. The minimum Gasteiger partial charge on any atom is -0.493 e. The van der Waals surface area contributed by atoms with Crippen molar-refractivity contribution in [2.75, 3.05) is 26.9 Å². The van der Waals surface area contributed by atoms with Crippen LogP contribution < -0.4 is 19.5 Å². The maximum atomic E-state index is 12.6. The average Bonchev–Trinajstić information content (AvgIpc) is 3.19. The summed E-state index contributed by atoms with van der Waals surface area (Å²) in [6, 6.07) is 13.2. The lowest BCUT2D eigenvalue weighted by Crippen LogP contribution is -2.26. The third-order valence-corrected chi connectivity index (χ3v) is 4.77. The summed E-state index contributed by atoms with van der Waals surface area (Å²) in [5.41, 5.74) is 2.02. The van der Waals surface area contributed by atoms with E-state index in [-0.39, 0.29) is 11.6 Å². The van der Waals surface area contributed by atoms with Gasteiger partial charge in [0.2, 0.25) is 0 Å². The lowest BCUT2D eigenvalue weighted by Gasteiger charge is -2.20. The summed E-state index contributed by atoms with van der Waals surface area (Å²) in [6.07, 6.45) is 2.27. The Balaban J connectivity index is 1.43. The van der Waals surface area contributed by atoms with Crippen LogP contribution in [0.15, 0.2) is 48.7 Å². The fraction of sp³-hybridized carbons (Fsp3) is 0.238. The van der Waals surface area contributed by atoms with E-state index in [0.717, 1.165) is 11.3 Å². The van der Waals surface area contributed by atoms with Crippen LogP contribution in [0.25, 0.3) is 5.69 Å². The molecule has 0 saturated heterocycles. The van der Waals surface area contributed by atoms with Crippen molar-refractivity contribution in [3.05, 3.63) is 64.9 Å². The molecule has 2 aromatic carbocycles. The summed E-state index contributed by atoms with van der Waals surface area (Å²) in [6.45, 7) is 1.39. The van der Waals surface area contributed by atoms with Gasteiger partial charge in [0.25, 0.3) is 5.91 Å². The van der Waals surface area contributed by atoms with E-state index in [9.17, 15) is 4.79 Å². The van der Waals surface area contributed by atoms with Crippen LogP contribution in [0.1, 0.15) is 16.1 Å². The average molecular weight is 414 g/mol. The first kappa shape index (κ1) is 19.1. The van der Waals surface area contributed by atoms with E-state index in [1.807, 2.05) is 42.5 Å². The van der Waals surface area contributed by atoms with Crippen LogP contribution >= 0.6 is 11.6 Å². The van der Waals surface area contributed by atoms with Gasteiger partial charge >= 0.3 is 0 Å². The van der Waals surface area contributed by atoms with Crippen LogP contribution in [0.4, 0.5) is 0 Å². The second kappa shape index (κ2) is 8.45. The molecule has 0 bridgehead atoms. The third-order valence-electron chi connectivity index (χ3n) is 4.49. The molecule has 1 aliphatic rings. The molecule has 8 heteroatoms. The quantitative estimate of drug-likeness (QED) is 0.671. The number of aromatic nitrogens is 2. The Morgan fingerprint density at radius 3 is 2.83 bits per heavy atom. The van der Waals surface area contributed by atoms with Gasteiger partial charge in [0.1, 0.15) is 13.2 Å². The highest BCUT2D eigenvalue weighted by Gasteiger charge is 2.19. The highest BCUT2D eigenvalue weighted by atomic mass is 35.5. The highest BCUT2D eigenvalue weighted by molar-refractivity contribution is 6.32. The topological polar surface area (TPSA) is 74.6 Å². The number of benzene rings is 2. The molecule has 0 aliphatic carbocycles. The number of ether oxygens (including phenoxy) is 3. The fourth-order valence-corrected chi connectivity index (χ4v) is 3.38. The van der Waals surface area contributed by atoms with Crippen molar-refractivity contribution in [1.29, 1.82) is 0 Å². The molecule has 1 aliphatic heterocycles. The van der Waals surface area contributed by atoms with Gasteiger partial charge < -0.3 is 19.5 Å². The monoisotopic (exact) mass is 413 g/mol. The predicted octanol–water partition coefficient (Wildman–Crippen LogP) is 3.28. The van der Waals surface area contributed by atoms with Gasteiger partial charge in [-0.15, -0.1) is 0 Å². The molecule has 0 spiro atoms. The van der Waals surface area contributed by atoms with Gasteiger partial charge in [0.05, 0.1) is 24.0 Å². The fourth-order valence-electron chi connectivity index (χ4n) is 3.09. The van der Waals surface area contributed by atoms with Gasteiger partial charge in [0.15, 0.2) is 22.9 Å². The number of methoxy groups -OCH3 is 1. The van der Waals surface area contributed by atoms with Crippen LogP contribution in [-0.4, -0.2) is 42.6 Å². The molecule has 0 atom stereocenters. The first-order chi connectivity index (χ1) is 14.2. The van der Waals surface area contributed by atoms with Gasteiger partial charge in [-0.1, -0.05) is 29.8 Å². The van der Waals surface area contributed by atoms with Crippen molar-refractivity contribution in [3.8, 4) is 22.9 Å². The molecule has 0 fully saturated rings. The summed E-state index contributed by atoms with van der Waals surface area (Å²) < 4.78 is 18.1. The first-order valence-corrected chi connectivity index (χ1v) is 9.59. The lowest BCUT2D eigenvalue weighted by atomic mass is 10.1. The van der Waals surface area contributed by atoms with Crippen molar-refractivity contribution in [2.24, 2.45) is 0 Å². The van der Waals surface area contributed by atoms with Gasteiger partial charge in [-0.25, -0.2) is 4.68 Å². The number of carbonyl (C=O) groups is 1. The highest BCUT2D eigenvalue weighted by Crippen LogP contribution is 2.38. The number of hydrogen-bond acceptors (Lipinski definition) is 5. The molecule has 0 unspecified atom stereocenters. The largest absolute Gasteiger partial charge is 0.493 e. The van der Waals surface area contributed by atoms with Gasteiger partial charge in [-0.05, 0) is 36.2 Å². The molecule has 7 nitrogen and oxygen atoms in total. The van der Waals surface area contributed by atoms with Crippen molar-refractivity contribution in [1.82, 2.24) is 15.1 Å². The summed E-state index contributed by atoms with van der Waals surface area (Å²) in [5.74, 6) is 1.31. The number of carbonyl (C=O) groups excluding carboxylic acids is 1. The normalized spacial score (nSPS) is 12.5. The maximum absolute atomic E-state index is 12.6. The molecule has 1 N–H and O–H groups in total. The Morgan fingerprint density at radius 2 is 2.03 bits per heavy atom. The van der Waals surface area contributed by atoms with E-state index >= 15 is 0 Å². The smallest absolute Gasteiger partial charge is 0.275 e. The Hall–Kier alpha value is -3.19. The van der Waals surface area contributed by atoms with E-state index in [0.29, 0.717) is 48.5 Å². The molecule has 3 aromatic rings. The van der Waals surface area contributed by atoms with Crippen LogP contribution in [0.3, 0.4) is 0 Å². The molecule has 0 radical (unpaired) electrons. The summed E-state index contributed by atoms with van der Waals surface area (Å²) in [7, 11) is 1.51. The standard InChI is InChI=1S/C21H20ClN3O4/c1-27-18-13-25(15-5-3-2-4-6-15)24-19(18)21(26)23-8-7-14-11-16(22)20-17(12-14)28-9-10-29-20/h2-6,11-13H,7-10H2,1H3,(H,23,26). The summed E-state index contributed by atoms with van der Waals surface area (Å²) >= 11 is 6.26. The molecule has 150 valence electrons. The van der Waals surface area contributed by atoms with Gasteiger partial charge in [0, 0.05) is 6.54 Å². The zero-order valence-electron chi connectivity index (χ0n) is 15.9. The lowest BCUT2D eigenvalue weighted by molar-refractivity contribution is 0.0945. The number of nitrogens with one attached hydrogen (secondary N) is 1. The van der Waals surface area contributed by atoms with E-state index in [2.05, 4.69) is 10.4 Å². The van der Waals surface area contributed by atoms with Crippen LogP contribution in [0.5, 0.6) is 17.2 Å². The van der Waals surface area contributed by atoms with E-state index in [4.69, 9.17) is 25.8 Å². The minimum absolute atomic E-state index is 0.233. The van der Waals surface area contributed by atoms with E-state index in [1.165, 1.54) is 7.11 Å². The van der Waals surface area contributed by atoms with E-state index < -0.39 is 0 Å². The molecule has 2 heterocycles. The second-order valence-corrected chi connectivity index (χ2v) is 6.84. The summed E-state index contributed by atoms with van der Waals surface area (Å²) in [4.78, 5) is 12.6. The van der Waals surface area contributed by atoms with Gasteiger partial charge in [-0.3, -0.25) is 4.79 Å². The molecule has 0 saturated carbocycles. The third kappa shape index (κ3) is 4.14. The number of para-hydroxylation sites is 1. The molecule has 1 aromatic heterocycles. The number of rotatable bonds is 6. The molecule has 1 amide bonds. The number of halogens is 1. The number of amides is 1. The van der Waals surface area contributed by atoms with Gasteiger partial charge in [-0.2, -0.15) is 5.10 Å². The molecular formula is C21H20ClN3O4. The summed E-state index contributed by atoms with van der Waals surface area (Å²) in [5, 5.41) is 7.75. The molecular weight excluding hydrogens is 394 g/mol. The van der Waals surface area contributed by atoms with Crippen LogP contribution in [-0.2, 0) is 6.42 Å². The zero-order chi connectivity index (χ0) is 20.2. The Kier molecular flexibility index (Phi) is 5.57. The van der Waals surface area contributed by atoms with Crippen LogP contribution in [0, 0.1) is 0 Å². The number of fused-ring (bicyclic) bond motifs is 1. The Morgan fingerprint density at radius 1 is 1.24 bits per heavy atom. The zero-order valence-corrected chi connectivity index (χ0v) is 16.6. The minimum atomic E-state index is -0.305. The SMILES string of the molecule is COc1cn(-c2ccccc2)nc1C(=O)NCCc1cc(Cl)c2c(c1)OCCO2. The maximum Gasteiger partial charge on any atom is 0.275 e. The van der Waals surface area contributed by atoms with Crippen molar-refractivity contribution in [2.45, 2.75) is 6.42 Å². The second-order valence-electron chi connectivity index (χ2n) is 6.43. The van der Waals surface area contributed by atoms with Crippen molar-refractivity contribution in [3.63, 3.8) is 0 Å². The first-order valence-electron chi connectivity index (χ1n) is 9.21. The van der Waals surface area contributed by atoms with Crippen molar-refractivity contribution < 1.29 is 19.0 Å². The number of nitrogens with zero attached hydrogens (tertiary/aromatic N) is 2. The molecule has 4 rings (SSSR count). The van der Waals surface area contributed by atoms with Crippen LogP contribution in [0.2, 0.25) is 5.02 Å². The Bertz CT molecular complexity index is 1020. The number of hydrogen-bond donors (Lipinski definition) is 1. The van der Waals surface area contributed by atoms with E-state index in [1.54, 1.807) is 10.9 Å². The Labute approximate surface area is 173 Å². The predicted molar refractivity (Wildman–Crippen MR) is 109 cm³/mol. The van der Waals surface area contributed by atoms with Crippen molar-refractivity contribution >= 4 is 17.5 Å².